The fourth-order valence-electron chi connectivity index (χ4n) is 7.69. The summed E-state index contributed by atoms with van der Waals surface area (Å²) < 4.78 is 0. The number of hydrogen-bond donors (Lipinski definition) is 0. The van der Waals surface area contributed by atoms with Gasteiger partial charge in [-0.05, 0) is 115 Å². The van der Waals surface area contributed by atoms with Crippen LogP contribution >= 0.6 is 0 Å². The molecule has 0 aliphatic heterocycles. The van der Waals surface area contributed by atoms with Crippen molar-refractivity contribution in [3.8, 4) is 33.4 Å². The van der Waals surface area contributed by atoms with Gasteiger partial charge in [0.05, 0.1) is 0 Å². The van der Waals surface area contributed by atoms with Crippen LogP contribution in [0.3, 0.4) is 0 Å². The third-order valence-electron chi connectivity index (χ3n) is 9.95. The van der Waals surface area contributed by atoms with Crippen molar-refractivity contribution in [1.29, 1.82) is 0 Å². The molecule has 0 atom stereocenters. The highest BCUT2D eigenvalue weighted by molar-refractivity contribution is 6.33. The third-order valence-corrected chi connectivity index (χ3v) is 9.95. The lowest BCUT2D eigenvalue weighted by molar-refractivity contribution is 1.25. The van der Waals surface area contributed by atoms with E-state index in [4.69, 9.17) is 0 Å². The van der Waals surface area contributed by atoms with Crippen LogP contribution in [0.4, 0.5) is 17.1 Å². The first kappa shape index (κ1) is 29.7. The quantitative estimate of drug-likeness (QED) is 0.164. The summed E-state index contributed by atoms with van der Waals surface area (Å²) in [5.74, 6) is 0. The number of anilines is 3. The number of hydrogen-bond acceptors (Lipinski definition) is 1. The zero-order valence-electron chi connectivity index (χ0n) is 27.9. The lowest BCUT2D eigenvalue weighted by atomic mass is 9.81. The Labute approximate surface area is 293 Å². The molecule has 9 aromatic carbocycles. The summed E-state index contributed by atoms with van der Waals surface area (Å²) in [4.78, 5) is 2.39. The minimum Gasteiger partial charge on any atom is -0.310 e. The molecule has 0 bridgehead atoms. The second-order valence-corrected chi connectivity index (χ2v) is 12.9. The van der Waals surface area contributed by atoms with Crippen molar-refractivity contribution in [2.45, 2.75) is 6.92 Å². The predicted octanol–water partition coefficient (Wildman–Crippen LogP) is 13.9. The van der Waals surface area contributed by atoms with Gasteiger partial charge in [0, 0.05) is 17.1 Å². The second kappa shape index (κ2) is 12.5. The lowest BCUT2D eigenvalue weighted by Gasteiger charge is -2.28. The van der Waals surface area contributed by atoms with Gasteiger partial charge in [0.2, 0.25) is 0 Å². The van der Waals surface area contributed by atoms with Gasteiger partial charge < -0.3 is 4.90 Å². The summed E-state index contributed by atoms with van der Waals surface area (Å²) in [6.45, 7) is 2.19. The van der Waals surface area contributed by atoms with Crippen LogP contribution in [0.1, 0.15) is 5.56 Å². The summed E-state index contributed by atoms with van der Waals surface area (Å²) in [7, 11) is 0. The molecule has 0 fully saturated rings. The van der Waals surface area contributed by atoms with Crippen molar-refractivity contribution in [3.63, 3.8) is 0 Å². The Morgan fingerprint density at radius 2 is 0.860 bits per heavy atom. The van der Waals surface area contributed by atoms with Crippen LogP contribution in [-0.2, 0) is 0 Å². The molecule has 1 nitrogen and oxygen atoms in total. The van der Waals surface area contributed by atoms with E-state index in [1.165, 1.54) is 76.9 Å². The van der Waals surface area contributed by atoms with E-state index in [1.807, 2.05) is 0 Å². The van der Waals surface area contributed by atoms with Crippen LogP contribution in [0, 0.1) is 6.92 Å². The number of rotatable bonds is 6. The van der Waals surface area contributed by atoms with Gasteiger partial charge in [0.15, 0.2) is 0 Å². The summed E-state index contributed by atoms with van der Waals surface area (Å²) in [5, 5.41) is 7.54. The van der Waals surface area contributed by atoms with E-state index in [9.17, 15) is 0 Å². The Kier molecular flexibility index (Phi) is 7.44. The molecule has 0 aliphatic carbocycles. The molecule has 0 unspecified atom stereocenters. The maximum Gasteiger partial charge on any atom is 0.0490 e. The highest BCUT2D eigenvalue weighted by atomic mass is 15.1. The molecule has 0 amide bonds. The Hall–Kier alpha value is -6.44. The first-order valence-electron chi connectivity index (χ1n) is 17.3. The van der Waals surface area contributed by atoms with Crippen LogP contribution in [0.5, 0.6) is 0 Å². The van der Waals surface area contributed by atoms with Crippen molar-refractivity contribution >= 4 is 49.4 Å². The molecule has 0 heterocycles. The zero-order chi connectivity index (χ0) is 33.4. The summed E-state index contributed by atoms with van der Waals surface area (Å²) in [5.41, 5.74) is 12.0. The van der Waals surface area contributed by atoms with E-state index >= 15 is 0 Å². The minimum atomic E-state index is 1.13. The fourth-order valence-corrected chi connectivity index (χ4v) is 7.69. The molecular weight excluding hydrogens is 603 g/mol. The van der Waals surface area contributed by atoms with Crippen molar-refractivity contribution in [2.75, 3.05) is 4.90 Å². The van der Waals surface area contributed by atoms with Gasteiger partial charge >= 0.3 is 0 Å². The SMILES string of the molecule is Cc1ccccc1N(c1ccccc1)c1ccc2c(c1)c1ccccc1c1c(-c3ccccc3)cc(-c3ccccc3)c(-c3ccccc3)c21. The Morgan fingerprint density at radius 3 is 1.52 bits per heavy atom. The zero-order valence-corrected chi connectivity index (χ0v) is 27.9. The van der Waals surface area contributed by atoms with Gasteiger partial charge in [-0.25, -0.2) is 0 Å². The molecule has 0 saturated heterocycles. The summed E-state index contributed by atoms with van der Waals surface area (Å²) in [6, 6.07) is 70.5. The first-order chi connectivity index (χ1) is 24.8. The molecule has 0 spiro atoms. The average molecular weight is 638 g/mol. The molecule has 0 saturated carbocycles. The summed E-state index contributed by atoms with van der Waals surface area (Å²) >= 11 is 0. The van der Waals surface area contributed by atoms with Crippen LogP contribution in [0.15, 0.2) is 194 Å². The molecule has 0 radical (unpaired) electrons. The highest BCUT2D eigenvalue weighted by Gasteiger charge is 2.23. The number of aryl methyl sites for hydroxylation is 1. The maximum absolute atomic E-state index is 2.43. The minimum absolute atomic E-state index is 1.13. The van der Waals surface area contributed by atoms with Gasteiger partial charge in [0.25, 0.3) is 0 Å². The van der Waals surface area contributed by atoms with Crippen LogP contribution < -0.4 is 4.90 Å². The Bertz CT molecular complexity index is 2630. The summed E-state index contributed by atoms with van der Waals surface area (Å²) in [6.07, 6.45) is 0. The van der Waals surface area contributed by atoms with E-state index in [-0.39, 0.29) is 0 Å². The molecule has 0 N–H and O–H groups in total. The Morgan fingerprint density at radius 1 is 0.340 bits per heavy atom. The molecular formula is C49H35N. The average Bonchev–Trinajstić information content (AvgIpc) is 3.19. The van der Waals surface area contributed by atoms with Crippen LogP contribution in [0.2, 0.25) is 0 Å². The van der Waals surface area contributed by atoms with Crippen molar-refractivity contribution < 1.29 is 0 Å². The van der Waals surface area contributed by atoms with E-state index in [0.717, 1.165) is 11.4 Å². The molecule has 236 valence electrons. The third kappa shape index (κ3) is 5.03. The van der Waals surface area contributed by atoms with Crippen molar-refractivity contribution in [1.82, 2.24) is 0 Å². The first-order valence-corrected chi connectivity index (χ1v) is 17.3. The van der Waals surface area contributed by atoms with E-state index < -0.39 is 0 Å². The fraction of sp³-hybridized carbons (Fsp3) is 0.0204. The van der Waals surface area contributed by atoms with E-state index in [1.54, 1.807) is 0 Å². The molecule has 9 aromatic rings. The van der Waals surface area contributed by atoms with Gasteiger partial charge in [-0.15, -0.1) is 0 Å². The maximum atomic E-state index is 2.43. The molecule has 50 heavy (non-hydrogen) atoms. The normalized spacial score (nSPS) is 11.3. The van der Waals surface area contributed by atoms with E-state index in [0.29, 0.717) is 0 Å². The largest absolute Gasteiger partial charge is 0.310 e. The lowest BCUT2D eigenvalue weighted by Crippen LogP contribution is -2.11. The van der Waals surface area contributed by atoms with Gasteiger partial charge in [-0.2, -0.15) is 0 Å². The molecule has 9 rings (SSSR count). The standard InChI is InChI=1S/C49H35N/c1-34-18-14-17-29-46(34)50(38-25-12-5-13-26-38)39-30-31-42-45(32-39)40-27-15-16-28-41(40)48-44(36-21-8-3-9-22-36)33-43(35-19-6-2-7-20-35)47(49(42)48)37-23-10-4-11-24-37/h2-33H,1H3. The highest BCUT2D eigenvalue weighted by Crippen LogP contribution is 2.50. The smallest absolute Gasteiger partial charge is 0.0490 e. The molecule has 1 heteroatoms. The predicted molar refractivity (Wildman–Crippen MR) is 215 cm³/mol. The van der Waals surface area contributed by atoms with E-state index in [2.05, 4.69) is 206 Å². The second-order valence-electron chi connectivity index (χ2n) is 12.9. The van der Waals surface area contributed by atoms with Crippen molar-refractivity contribution in [3.05, 3.63) is 200 Å². The monoisotopic (exact) mass is 637 g/mol. The van der Waals surface area contributed by atoms with Gasteiger partial charge in [-0.3, -0.25) is 0 Å². The van der Waals surface area contributed by atoms with Crippen LogP contribution in [-0.4, -0.2) is 0 Å². The number of para-hydroxylation sites is 2. The molecule has 0 aromatic heterocycles. The van der Waals surface area contributed by atoms with Crippen LogP contribution in [0.25, 0.3) is 65.7 Å². The van der Waals surface area contributed by atoms with Crippen molar-refractivity contribution in [2.24, 2.45) is 0 Å². The molecule has 0 aliphatic rings. The topological polar surface area (TPSA) is 3.24 Å². The van der Waals surface area contributed by atoms with Gasteiger partial charge in [-0.1, -0.05) is 158 Å². The number of benzene rings is 9. The number of nitrogens with zero attached hydrogens (tertiary/aromatic N) is 1. The number of fused-ring (bicyclic) bond motifs is 6. The van der Waals surface area contributed by atoms with Gasteiger partial charge in [0.1, 0.15) is 0 Å². The Balaban J connectivity index is 1.47.